The van der Waals surface area contributed by atoms with Crippen molar-refractivity contribution >= 4 is 5.57 Å². The average molecular weight is 389 g/mol. The molecule has 28 heavy (non-hydrogen) atoms. The summed E-state index contributed by atoms with van der Waals surface area (Å²) in [5, 5.41) is 9.38. The van der Waals surface area contributed by atoms with Gasteiger partial charge >= 0.3 is 0 Å². The summed E-state index contributed by atoms with van der Waals surface area (Å²) in [6.45, 7) is 10.6. The van der Waals surface area contributed by atoms with E-state index in [0.717, 1.165) is 18.4 Å². The Morgan fingerprint density at radius 1 is 1.18 bits per heavy atom. The Morgan fingerprint density at radius 3 is 2.46 bits per heavy atom. The van der Waals surface area contributed by atoms with Gasteiger partial charge in [0.05, 0.1) is 11.7 Å². The van der Waals surface area contributed by atoms with Crippen molar-refractivity contribution in [3.05, 3.63) is 48.1 Å². The lowest BCUT2D eigenvalue weighted by molar-refractivity contribution is -0.305. The largest absolute Gasteiger partial charge is 0.372 e. The highest BCUT2D eigenvalue weighted by atomic mass is 17.2. The molecule has 4 nitrogen and oxygen atoms in total. The molecule has 0 radical (unpaired) electrons. The first-order chi connectivity index (χ1) is 13.3. The summed E-state index contributed by atoms with van der Waals surface area (Å²) in [6, 6.07) is 7.70. The molecule has 0 bridgehead atoms. The number of aliphatic hydroxyl groups excluding tert-OH is 1. The van der Waals surface area contributed by atoms with Gasteiger partial charge in [0, 0.05) is 5.92 Å². The number of ether oxygens (including phenoxy) is 1. The predicted molar refractivity (Wildman–Crippen MR) is 114 cm³/mol. The van der Waals surface area contributed by atoms with Gasteiger partial charge in [-0.2, -0.15) is 4.89 Å². The van der Waals surface area contributed by atoms with Gasteiger partial charge in [-0.3, -0.25) is 0 Å². The van der Waals surface area contributed by atoms with Crippen LogP contribution in [0.4, 0.5) is 0 Å². The molecule has 0 amide bonds. The summed E-state index contributed by atoms with van der Waals surface area (Å²) in [7, 11) is 0. The number of rotatable bonds is 11. The van der Waals surface area contributed by atoms with Crippen LogP contribution in [0.2, 0.25) is 0 Å². The lowest BCUT2D eigenvalue weighted by Crippen LogP contribution is -2.33. The molecule has 0 heterocycles. The van der Waals surface area contributed by atoms with Crippen LogP contribution in [-0.2, 0) is 9.62 Å². The van der Waals surface area contributed by atoms with Crippen molar-refractivity contribution in [3.63, 3.8) is 0 Å². The third kappa shape index (κ3) is 7.08. The fourth-order valence-electron chi connectivity index (χ4n) is 3.33. The summed E-state index contributed by atoms with van der Waals surface area (Å²) in [5.74, 6) is 0.974. The second-order valence-corrected chi connectivity index (χ2v) is 8.17. The van der Waals surface area contributed by atoms with Gasteiger partial charge in [-0.1, -0.05) is 57.0 Å². The highest BCUT2D eigenvalue weighted by Gasteiger charge is 2.25. The molecule has 0 fully saturated rings. The second-order valence-electron chi connectivity index (χ2n) is 8.17. The zero-order chi connectivity index (χ0) is 20.6. The van der Waals surface area contributed by atoms with E-state index in [9.17, 15) is 5.11 Å². The fourth-order valence-corrected chi connectivity index (χ4v) is 3.33. The molecule has 1 aromatic carbocycles. The Labute approximate surface area is 170 Å². The topological polar surface area (TPSA) is 47.9 Å². The molecule has 3 unspecified atom stereocenters. The van der Waals surface area contributed by atoms with E-state index >= 15 is 0 Å². The Balaban J connectivity index is 1.88. The quantitative estimate of drug-likeness (QED) is 0.284. The summed E-state index contributed by atoms with van der Waals surface area (Å²) in [4.78, 5) is 10.00. The van der Waals surface area contributed by atoms with Crippen LogP contribution < -0.4 is 4.89 Å². The van der Waals surface area contributed by atoms with Crippen LogP contribution in [0.15, 0.2) is 42.5 Å². The second kappa shape index (κ2) is 10.8. The highest BCUT2D eigenvalue weighted by Crippen LogP contribution is 2.30. The van der Waals surface area contributed by atoms with Crippen molar-refractivity contribution in [1.29, 1.82) is 0 Å². The first-order valence-electron chi connectivity index (χ1n) is 10.5. The van der Waals surface area contributed by atoms with E-state index in [1.165, 1.54) is 18.4 Å². The molecule has 1 N–H and O–H groups in total. The van der Waals surface area contributed by atoms with Crippen molar-refractivity contribution in [2.24, 2.45) is 5.92 Å². The molecule has 0 aliphatic heterocycles. The molecule has 0 saturated carbocycles. The summed E-state index contributed by atoms with van der Waals surface area (Å²) >= 11 is 0. The third-order valence-corrected chi connectivity index (χ3v) is 5.17. The van der Waals surface area contributed by atoms with Crippen molar-refractivity contribution in [2.75, 3.05) is 0 Å². The van der Waals surface area contributed by atoms with Crippen molar-refractivity contribution < 1.29 is 19.6 Å². The Hall–Kier alpha value is -1.62. The van der Waals surface area contributed by atoms with Gasteiger partial charge < -0.3 is 14.7 Å². The number of unbranched alkanes of at least 4 members (excludes halogenated alkanes) is 1. The number of aliphatic hydroxyl groups is 1. The van der Waals surface area contributed by atoms with Crippen LogP contribution in [0.3, 0.4) is 0 Å². The van der Waals surface area contributed by atoms with Gasteiger partial charge in [-0.25, -0.2) is 0 Å². The molecule has 0 aromatic heterocycles. The minimum Gasteiger partial charge on any atom is -0.372 e. The molecule has 3 atom stereocenters. The van der Waals surface area contributed by atoms with E-state index in [0.29, 0.717) is 18.1 Å². The summed E-state index contributed by atoms with van der Waals surface area (Å²) < 4.78 is 6.36. The lowest BCUT2D eigenvalue weighted by atomic mass is 9.89. The van der Waals surface area contributed by atoms with E-state index in [1.54, 1.807) is 0 Å². The van der Waals surface area contributed by atoms with Crippen LogP contribution in [0.25, 0.3) is 5.57 Å². The van der Waals surface area contributed by atoms with E-state index in [-0.39, 0.29) is 11.7 Å². The third-order valence-electron chi connectivity index (χ3n) is 5.17. The van der Waals surface area contributed by atoms with E-state index in [2.05, 4.69) is 45.9 Å². The van der Waals surface area contributed by atoms with Crippen molar-refractivity contribution in [2.45, 2.75) is 84.7 Å². The molecule has 0 spiro atoms. The maximum atomic E-state index is 9.38. The molecule has 156 valence electrons. The molecule has 0 saturated heterocycles. The molecule has 1 aliphatic rings. The fraction of sp³-hybridized carbons (Fsp3) is 0.583. The molecule has 2 rings (SSSR count). The number of hydrogen-bond donors (Lipinski definition) is 1. The molecule has 1 aromatic rings. The van der Waals surface area contributed by atoms with Gasteiger partial charge in [0.1, 0.15) is 0 Å². The van der Waals surface area contributed by atoms with Crippen LogP contribution in [0.1, 0.15) is 72.3 Å². The van der Waals surface area contributed by atoms with Gasteiger partial charge in [0.15, 0.2) is 12.0 Å². The Bertz CT molecular complexity index is 645. The summed E-state index contributed by atoms with van der Waals surface area (Å²) in [6.07, 6.45) is 11.0. The SMILES string of the molecule is CCCCC(C)(C)OC(C)C1C=CC(c2ccc(OOC(O)CC)cc2)=CC1. The first kappa shape index (κ1) is 22.7. The molecular formula is C24H36O4. The zero-order valence-corrected chi connectivity index (χ0v) is 18.0. The van der Waals surface area contributed by atoms with E-state index < -0.39 is 6.29 Å². The van der Waals surface area contributed by atoms with E-state index in [4.69, 9.17) is 14.5 Å². The van der Waals surface area contributed by atoms with Crippen molar-refractivity contribution in [1.82, 2.24) is 0 Å². The van der Waals surface area contributed by atoms with Crippen LogP contribution in [0.5, 0.6) is 5.75 Å². The van der Waals surface area contributed by atoms with Gasteiger partial charge in [-0.05, 0) is 63.3 Å². The van der Waals surface area contributed by atoms with Gasteiger partial charge in [-0.15, -0.1) is 0 Å². The molecule has 4 heteroatoms. The standard InChI is InChI=1S/C24H36O4/c1-6-8-17-24(4,5)26-18(3)19-9-11-20(12-10-19)21-13-15-22(16-14-21)27-28-23(25)7-2/h9,11-16,18-19,23,25H,6-8,10,17H2,1-5H3. The summed E-state index contributed by atoms with van der Waals surface area (Å²) in [5.41, 5.74) is 2.26. The maximum Gasteiger partial charge on any atom is 0.200 e. The number of allylic oxidation sites excluding steroid dienone is 3. The predicted octanol–water partition coefficient (Wildman–Crippen LogP) is 6.06. The van der Waals surface area contributed by atoms with Crippen LogP contribution in [0, 0.1) is 5.92 Å². The molecule has 1 aliphatic carbocycles. The highest BCUT2D eigenvalue weighted by molar-refractivity contribution is 5.75. The number of hydrogen-bond acceptors (Lipinski definition) is 4. The smallest absolute Gasteiger partial charge is 0.200 e. The van der Waals surface area contributed by atoms with E-state index in [1.807, 2.05) is 31.2 Å². The normalized spacial score (nSPS) is 19.2. The maximum absolute atomic E-state index is 9.38. The monoisotopic (exact) mass is 388 g/mol. The molecular weight excluding hydrogens is 352 g/mol. The first-order valence-corrected chi connectivity index (χ1v) is 10.5. The number of benzene rings is 1. The minimum atomic E-state index is -0.906. The van der Waals surface area contributed by atoms with Gasteiger partial charge in [0.2, 0.25) is 0 Å². The minimum absolute atomic E-state index is 0.0729. The Morgan fingerprint density at radius 2 is 1.89 bits per heavy atom. The van der Waals surface area contributed by atoms with Gasteiger partial charge in [0.25, 0.3) is 0 Å². The lowest BCUT2D eigenvalue weighted by Gasteiger charge is -2.33. The Kier molecular flexibility index (Phi) is 8.74. The van der Waals surface area contributed by atoms with Crippen LogP contribution in [-0.4, -0.2) is 23.1 Å². The van der Waals surface area contributed by atoms with Crippen LogP contribution >= 0.6 is 0 Å². The zero-order valence-electron chi connectivity index (χ0n) is 18.0. The average Bonchev–Trinajstić information content (AvgIpc) is 2.70. The van der Waals surface area contributed by atoms with Crippen molar-refractivity contribution in [3.8, 4) is 5.75 Å².